The number of hydrogen-bond donors (Lipinski definition) is 1. The molecule has 1 N–H and O–H groups in total. The Bertz CT molecular complexity index is 494. The number of carboxylic acids is 1. The minimum Gasteiger partial charge on any atom is -0.481 e. The van der Waals surface area contributed by atoms with Crippen LogP contribution in [0.15, 0.2) is 24.3 Å². The first-order valence-corrected chi connectivity index (χ1v) is 8.14. The maximum absolute atomic E-state index is 11.7. The summed E-state index contributed by atoms with van der Waals surface area (Å²) >= 11 is 0. The molecule has 114 valence electrons. The van der Waals surface area contributed by atoms with E-state index in [0.717, 1.165) is 44.3 Å². The lowest BCUT2D eigenvalue weighted by atomic mass is 9.78. The van der Waals surface area contributed by atoms with E-state index in [4.69, 9.17) is 0 Å². The van der Waals surface area contributed by atoms with Crippen LogP contribution in [0.1, 0.15) is 55.6 Å². The smallest absolute Gasteiger partial charge is 0.314 e. The lowest BCUT2D eigenvalue weighted by Gasteiger charge is -2.30. The van der Waals surface area contributed by atoms with Crippen molar-refractivity contribution in [1.29, 1.82) is 0 Å². The van der Waals surface area contributed by atoms with Gasteiger partial charge >= 0.3 is 5.97 Å². The van der Waals surface area contributed by atoms with E-state index in [1.54, 1.807) is 0 Å². The summed E-state index contributed by atoms with van der Waals surface area (Å²) < 4.78 is 0. The summed E-state index contributed by atoms with van der Waals surface area (Å²) in [6, 6.07) is 8.50. The van der Waals surface area contributed by atoms with Crippen LogP contribution >= 0.6 is 0 Å². The Labute approximate surface area is 127 Å². The normalized spacial score (nSPS) is 23.3. The molecule has 1 aliphatic heterocycles. The molecular formula is C18H25NO2. The van der Waals surface area contributed by atoms with E-state index in [9.17, 15) is 9.90 Å². The van der Waals surface area contributed by atoms with E-state index < -0.39 is 11.4 Å². The first-order chi connectivity index (χ1) is 10.1. The van der Waals surface area contributed by atoms with Crippen LogP contribution in [-0.4, -0.2) is 36.1 Å². The van der Waals surface area contributed by atoms with Gasteiger partial charge in [0, 0.05) is 0 Å². The predicted molar refractivity (Wildman–Crippen MR) is 83.7 cm³/mol. The highest BCUT2D eigenvalue weighted by Gasteiger charge is 2.42. The van der Waals surface area contributed by atoms with Gasteiger partial charge in [0.15, 0.2) is 0 Å². The van der Waals surface area contributed by atoms with Crippen molar-refractivity contribution < 1.29 is 9.90 Å². The first kappa shape index (κ1) is 14.6. The Balaban J connectivity index is 1.79. The fourth-order valence-electron chi connectivity index (χ4n) is 4.02. The van der Waals surface area contributed by atoms with Crippen LogP contribution in [0.3, 0.4) is 0 Å². The molecule has 21 heavy (non-hydrogen) atoms. The van der Waals surface area contributed by atoms with Crippen LogP contribution in [0.2, 0.25) is 0 Å². The molecule has 1 aliphatic carbocycles. The predicted octanol–water partition coefficient (Wildman–Crippen LogP) is 3.39. The van der Waals surface area contributed by atoms with Gasteiger partial charge in [-0.3, -0.25) is 4.79 Å². The molecule has 2 aliphatic rings. The summed E-state index contributed by atoms with van der Waals surface area (Å²) in [5.41, 5.74) is 1.76. The average Bonchev–Trinajstić information content (AvgIpc) is 2.99. The summed E-state index contributed by atoms with van der Waals surface area (Å²) in [6.07, 6.45) is 6.05. The number of benzene rings is 1. The number of nitrogens with zero attached hydrogens (tertiary/aromatic N) is 1. The number of carbonyl (C=O) groups is 1. The van der Waals surface area contributed by atoms with Crippen LogP contribution in [0.5, 0.6) is 0 Å². The largest absolute Gasteiger partial charge is 0.481 e. The van der Waals surface area contributed by atoms with Crippen molar-refractivity contribution in [3.05, 3.63) is 35.4 Å². The van der Waals surface area contributed by atoms with E-state index in [0.29, 0.717) is 5.92 Å². The maximum atomic E-state index is 11.7. The van der Waals surface area contributed by atoms with Gasteiger partial charge in [0.25, 0.3) is 0 Å². The van der Waals surface area contributed by atoms with Gasteiger partial charge in [0.05, 0.1) is 5.41 Å². The van der Waals surface area contributed by atoms with Crippen LogP contribution in [0.4, 0.5) is 0 Å². The Hall–Kier alpha value is -1.35. The van der Waals surface area contributed by atoms with Crippen molar-refractivity contribution in [3.8, 4) is 0 Å². The quantitative estimate of drug-likeness (QED) is 0.926. The summed E-state index contributed by atoms with van der Waals surface area (Å²) in [5.74, 6) is -0.00773. The van der Waals surface area contributed by atoms with E-state index in [1.807, 2.05) is 0 Å². The molecule has 0 atom stereocenters. The van der Waals surface area contributed by atoms with Gasteiger partial charge in [-0.05, 0) is 62.9 Å². The third kappa shape index (κ3) is 2.71. The van der Waals surface area contributed by atoms with Gasteiger partial charge < -0.3 is 10.0 Å². The lowest BCUT2D eigenvalue weighted by molar-refractivity contribution is -0.143. The Morgan fingerprint density at radius 3 is 2.24 bits per heavy atom. The zero-order valence-electron chi connectivity index (χ0n) is 12.8. The zero-order chi connectivity index (χ0) is 14.9. The molecule has 2 fully saturated rings. The van der Waals surface area contributed by atoms with Crippen LogP contribution in [0, 0.1) is 0 Å². The van der Waals surface area contributed by atoms with Crippen molar-refractivity contribution >= 4 is 5.97 Å². The summed E-state index contributed by atoms with van der Waals surface area (Å²) in [5, 5.41) is 9.66. The number of aliphatic carboxylic acids is 1. The highest BCUT2D eigenvalue weighted by molar-refractivity contribution is 5.81. The minimum absolute atomic E-state index is 0.620. The molecule has 1 heterocycles. The highest BCUT2D eigenvalue weighted by Crippen LogP contribution is 2.42. The van der Waals surface area contributed by atoms with Crippen molar-refractivity contribution in [2.75, 3.05) is 20.1 Å². The Morgan fingerprint density at radius 1 is 1.14 bits per heavy atom. The van der Waals surface area contributed by atoms with Crippen molar-refractivity contribution in [2.24, 2.45) is 0 Å². The number of carboxylic acid groups (broad SMARTS) is 1. The van der Waals surface area contributed by atoms with Gasteiger partial charge in [-0.1, -0.05) is 37.1 Å². The summed E-state index contributed by atoms with van der Waals surface area (Å²) in [6.45, 7) is 2.32. The first-order valence-electron chi connectivity index (χ1n) is 8.14. The van der Waals surface area contributed by atoms with E-state index >= 15 is 0 Å². The van der Waals surface area contributed by atoms with Crippen LogP contribution in [0.25, 0.3) is 0 Å². The lowest BCUT2D eigenvalue weighted by Crippen LogP contribution is -2.32. The van der Waals surface area contributed by atoms with Gasteiger partial charge in [0.1, 0.15) is 0 Å². The molecule has 3 nitrogen and oxygen atoms in total. The third-order valence-corrected chi connectivity index (χ3v) is 5.52. The molecule has 1 aromatic rings. The molecule has 0 bridgehead atoms. The average molecular weight is 287 g/mol. The SMILES string of the molecule is CN1CCC(c2ccc(C3(C(=O)O)CCCC3)cc2)CC1. The summed E-state index contributed by atoms with van der Waals surface area (Å²) in [7, 11) is 2.18. The van der Waals surface area contributed by atoms with E-state index in [1.165, 1.54) is 18.4 Å². The van der Waals surface area contributed by atoms with Crippen LogP contribution in [-0.2, 0) is 10.2 Å². The van der Waals surface area contributed by atoms with E-state index in [-0.39, 0.29) is 0 Å². The van der Waals surface area contributed by atoms with Crippen LogP contribution < -0.4 is 0 Å². The molecule has 1 saturated carbocycles. The number of hydrogen-bond acceptors (Lipinski definition) is 2. The van der Waals surface area contributed by atoms with Crippen molar-refractivity contribution in [2.45, 2.75) is 49.9 Å². The maximum Gasteiger partial charge on any atom is 0.314 e. The van der Waals surface area contributed by atoms with Gasteiger partial charge in [-0.25, -0.2) is 0 Å². The second-order valence-corrected chi connectivity index (χ2v) is 6.79. The molecule has 1 saturated heterocycles. The number of rotatable bonds is 3. The van der Waals surface area contributed by atoms with Gasteiger partial charge in [-0.15, -0.1) is 0 Å². The molecule has 0 unspecified atom stereocenters. The fraction of sp³-hybridized carbons (Fsp3) is 0.611. The zero-order valence-corrected chi connectivity index (χ0v) is 12.8. The Morgan fingerprint density at radius 2 is 1.71 bits per heavy atom. The molecular weight excluding hydrogens is 262 g/mol. The number of piperidine rings is 1. The molecule has 3 rings (SSSR count). The number of likely N-dealkylation sites (tertiary alicyclic amines) is 1. The molecule has 0 radical (unpaired) electrons. The monoisotopic (exact) mass is 287 g/mol. The highest BCUT2D eigenvalue weighted by atomic mass is 16.4. The molecule has 1 aromatic carbocycles. The van der Waals surface area contributed by atoms with Gasteiger partial charge in [-0.2, -0.15) is 0 Å². The topological polar surface area (TPSA) is 40.5 Å². The van der Waals surface area contributed by atoms with Gasteiger partial charge in [0.2, 0.25) is 0 Å². The standard InChI is InChI=1S/C18H25NO2/c1-19-12-8-15(9-13-19)14-4-6-16(7-5-14)18(17(20)21)10-2-3-11-18/h4-7,15H,2-3,8-13H2,1H3,(H,20,21). The Kier molecular flexibility index (Phi) is 4.03. The fourth-order valence-corrected chi connectivity index (χ4v) is 4.02. The second kappa shape index (κ2) is 5.80. The van der Waals surface area contributed by atoms with Crippen molar-refractivity contribution in [1.82, 2.24) is 4.90 Å². The summed E-state index contributed by atoms with van der Waals surface area (Å²) in [4.78, 5) is 14.1. The van der Waals surface area contributed by atoms with Crippen molar-refractivity contribution in [3.63, 3.8) is 0 Å². The minimum atomic E-state index is -0.646. The van der Waals surface area contributed by atoms with E-state index in [2.05, 4.69) is 36.2 Å². The molecule has 0 spiro atoms. The second-order valence-electron chi connectivity index (χ2n) is 6.79. The third-order valence-electron chi connectivity index (χ3n) is 5.52. The molecule has 0 amide bonds. The molecule has 0 aromatic heterocycles. The molecule has 3 heteroatoms.